The van der Waals surface area contributed by atoms with Gasteiger partial charge in [-0.05, 0) is 43.7 Å². The molecular weight excluding hydrogens is 342 g/mol. The van der Waals surface area contributed by atoms with Gasteiger partial charge in [0, 0.05) is 18.1 Å². The molecule has 0 spiro atoms. The van der Waals surface area contributed by atoms with Crippen molar-refractivity contribution in [3.63, 3.8) is 0 Å². The predicted octanol–water partition coefficient (Wildman–Crippen LogP) is 2.80. The lowest BCUT2D eigenvalue weighted by atomic mass is 10.2. The molecule has 108 valence electrons. The van der Waals surface area contributed by atoms with Crippen molar-refractivity contribution in [3.05, 3.63) is 40.5 Å². The van der Waals surface area contributed by atoms with Gasteiger partial charge in [-0.25, -0.2) is 0 Å². The fourth-order valence-corrected chi connectivity index (χ4v) is 3.91. The van der Waals surface area contributed by atoms with Crippen LogP contribution < -0.4 is 4.31 Å². The Balaban J connectivity index is 2.49. The summed E-state index contributed by atoms with van der Waals surface area (Å²) in [6.07, 6.45) is 1.50. The molecule has 0 saturated carbocycles. The predicted molar refractivity (Wildman–Crippen MR) is 82.4 cm³/mol. The Labute approximate surface area is 127 Å². The lowest BCUT2D eigenvalue weighted by Gasteiger charge is -2.21. The van der Waals surface area contributed by atoms with Crippen LogP contribution in [0.3, 0.4) is 0 Å². The molecule has 0 radical (unpaired) electrons. The largest absolute Gasteiger partial charge is 0.281 e. The van der Waals surface area contributed by atoms with Gasteiger partial charge in [0.05, 0.1) is 11.9 Å². The number of halogens is 1. The average Bonchev–Trinajstić information content (AvgIpc) is 2.87. The highest BCUT2D eigenvalue weighted by Crippen LogP contribution is 2.27. The highest BCUT2D eigenvalue weighted by Gasteiger charge is 2.25. The van der Waals surface area contributed by atoms with Crippen molar-refractivity contribution in [2.75, 3.05) is 11.4 Å². The molecule has 2 rings (SSSR count). The van der Waals surface area contributed by atoms with Crippen LogP contribution in [-0.4, -0.2) is 25.2 Å². The highest BCUT2D eigenvalue weighted by atomic mass is 79.9. The first kappa shape index (κ1) is 15.1. The second kappa shape index (κ2) is 5.57. The summed E-state index contributed by atoms with van der Waals surface area (Å²) in [6, 6.07) is 7.01. The number of benzene rings is 1. The summed E-state index contributed by atoms with van der Waals surface area (Å²) in [5, 5.41) is 4.22. The fourth-order valence-electron chi connectivity index (χ4n) is 2.02. The van der Waals surface area contributed by atoms with Crippen LogP contribution in [0.5, 0.6) is 0 Å². The summed E-state index contributed by atoms with van der Waals surface area (Å²) in [7, 11) is -2.05. The minimum absolute atomic E-state index is 0.199. The molecule has 0 amide bonds. The van der Waals surface area contributed by atoms with E-state index in [0.29, 0.717) is 12.2 Å². The van der Waals surface area contributed by atoms with E-state index >= 15 is 0 Å². The number of aromatic nitrogens is 2. The van der Waals surface area contributed by atoms with Gasteiger partial charge in [0.25, 0.3) is 10.0 Å². The lowest BCUT2D eigenvalue weighted by molar-refractivity contribution is 0.553. The van der Waals surface area contributed by atoms with E-state index in [0.717, 1.165) is 10.0 Å². The summed E-state index contributed by atoms with van der Waals surface area (Å²) < 4.78 is 29.0. The van der Waals surface area contributed by atoms with Crippen molar-refractivity contribution >= 4 is 31.6 Å². The summed E-state index contributed by atoms with van der Waals surface area (Å²) >= 11 is 3.38. The number of hydrogen-bond acceptors (Lipinski definition) is 3. The first-order valence-electron chi connectivity index (χ1n) is 6.15. The summed E-state index contributed by atoms with van der Waals surface area (Å²) in [5.74, 6) is 0. The molecule has 5 nitrogen and oxygen atoms in total. The Hall–Kier alpha value is -1.34. The molecule has 1 aromatic heterocycles. The summed E-state index contributed by atoms with van der Waals surface area (Å²) in [6.45, 7) is 4.24. The number of anilines is 1. The van der Waals surface area contributed by atoms with Gasteiger partial charge in [0.1, 0.15) is 0 Å². The van der Waals surface area contributed by atoms with Crippen LogP contribution in [0.4, 0.5) is 5.69 Å². The Kier molecular flexibility index (Phi) is 4.19. The van der Waals surface area contributed by atoms with Crippen molar-refractivity contribution in [1.29, 1.82) is 0 Å². The van der Waals surface area contributed by atoms with Gasteiger partial charge in [-0.1, -0.05) is 15.9 Å². The van der Waals surface area contributed by atoms with E-state index in [-0.39, 0.29) is 5.03 Å². The van der Waals surface area contributed by atoms with Crippen molar-refractivity contribution in [1.82, 2.24) is 9.78 Å². The standard InChI is InChI=1S/C13H16BrN3O2S/c1-4-17-13(7-8-15-17)20(18,19)16(3)12-6-5-11(14)9-10(12)2/h5-9H,4H2,1-3H3. The molecule has 0 unspecified atom stereocenters. The summed E-state index contributed by atoms with van der Waals surface area (Å²) in [5.41, 5.74) is 1.53. The molecule has 2 aromatic rings. The van der Waals surface area contributed by atoms with Gasteiger partial charge in [0.15, 0.2) is 5.03 Å². The molecule has 20 heavy (non-hydrogen) atoms. The molecular formula is C13H16BrN3O2S. The Bertz CT molecular complexity index is 725. The number of hydrogen-bond donors (Lipinski definition) is 0. The van der Waals surface area contributed by atoms with Crippen molar-refractivity contribution < 1.29 is 8.42 Å². The maximum atomic E-state index is 12.7. The topological polar surface area (TPSA) is 55.2 Å². The SMILES string of the molecule is CCn1nccc1S(=O)(=O)N(C)c1ccc(Br)cc1C. The van der Waals surface area contributed by atoms with E-state index in [9.17, 15) is 8.42 Å². The van der Waals surface area contributed by atoms with Crippen molar-refractivity contribution in [2.45, 2.75) is 25.4 Å². The first-order valence-corrected chi connectivity index (χ1v) is 8.38. The molecule has 0 N–H and O–H groups in total. The van der Waals surface area contributed by atoms with Crippen LogP contribution >= 0.6 is 15.9 Å². The van der Waals surface area contributed by atoms with Crippen LogP contribution in [0.15, 0.2) is 40.0 Å². The normalized spacial score (nSPS) is 11.6. The lowest BCUT2D eigenvalue weighted by Crippen LogP contribution is -2.29. The third kappa shape index (κ3) is 2.60. The van der Waals surface area contributed by atoms with Gasteiger partial charge >= 0.3 is 0 Å². The maximum Gasteiger partial charge on any atom is 0.281 e. The monoisotopic (exact) mass is 357 g/mol. The van der Waals surface area contributed by atoms with Crippen molar-refractivity contribution in [2.24, 2.45) is 0 Å². The number of sulfonamides is 1. The van der Waals surface area contributed by atoms with Gasteiger partial charge in [-0.15, -0.1) is 0 Å². The minimum atomic E-state index is -3.61. The van der Waals surface area contributed by atoms with Gasteiger partial charge in [-0.3, -0.25) is 8.99 Å². The smallest absolute Gasteiger partial charge is 0.268 e. The average molecular weight is 358 g/mol. The summed E-state index contributed by atoms with van der Waals surface area (Å²) in [4.78, 5) is 0. The van der Waals surface area contributed by atoms with E-state index < -0.39 is 10.0 Å². The molecule has 0 bridgehead atoms. The molecule has 7 heteroatoms. The third-order valence-electron chi connectivity index (χ3n) is 3.10. The Morgan fingerprint density at radius 2 is 2.05 bits per heavy atom. The van der Waals surface area contributed by atoms with Crippen LogP contribution in [0, 0.1) is 6.92 Å². The van der Waals surface area contributed by atoms with Crippen LogP contribution in [-0.2, 0) is 16.6 Å². The molecule has 0 saturated heterocycles. The Morgan fingerprint density at radius 1 is 1.35 bits per heavy atom. The van der Waals surface area contributed by atoms with E-state index in [2.05, 4.69) is 21.0 Å². The Morgan fingerprint density at radius 3 is 2.65 bits per heavy atom. The van der Waals surface area contributed by atoms with Crippen LogP contribution in [0.25, 0.3) is 0 Å². The molecule has 0 aliphatic rings. The van der Waals surface area contributed by atoms with Gasteiger partial charge < -0.3 is 0 Å². The highest BCUT2D eigenvalue weighted by molar-refractivity contribution is 9.10. The quantitative estimate of drug-likeness (QED) is 0.845. The molecule has 0 atom stereocenters. The van der Waals surface area contributed by atoms with E-state index in [1.807, 2.05) is 26.0 Å². The van der Waals surface area contributed by atoms with Gasteiger partial charge in [0.2, 0.25) is 0 Å². The first-order chi connectivity index (χ1) is 9.37. The molecule has 0 aliphatic carbocycles. The third-order valence-corrected chi connectivity index (χ3v) is 5.39. The van der Waals surface area contributed by atoms with E-state index in [1.54, 1.807) is 13.1 Å². The molecule has 1 heterocycles. The number of nitrogens with zero attached hydrogens (tertiary/aromatic N) is 3. The zero-order valence-corrected chi connectivity index (χ0v) is 13.9. The van der Waals surface area contributed by atoms with Crippen LogP contribution in [0.1, 0.15) is 12.5 Å². The second-order valence-corrected chi connectivity index (χ2v) is 7.22. The van der Waals surface area contributed by atoms with E-state index in [1.165, 1.54) is 21.3 Å². The molecule has 0 aliphatic heterocycles. The zero-order valence-electron chi connectivity index (χ0n) is 11.5. The number of rotatable bonds is 4. The maximum absolute atomic E-state index is 12.7. The fraction of sp³-hybridized carbons (Fsp3) is 0.308. The molecule has 0 fully saturated rings. The molecule has 1 aromatic carbocycles. The number of aryl methyl sites for hydroxylation is 2. The van der Waals surface area contributed by atoms with Crippen molar-refractivity contribution in [3.8, 4) is 0 Å². The van der Waals surface area contributed by atoms with Crippen LogP contribution in [0.2, 0.25) is 0 Å². The van der Waals surface area contributed by atoms with E-state index in [4.69, 9.17) is 0 Å². The zero-order chi connectivity index (χ0) is 14.9. The van der Waals surface area contributed by atoms with Gasteiger partial charge in [-0.2, -0.15) is 13.5 Å². The minimum Gasteiger partial charge on any atom is -0.268 e. The second-order valence-electron chi connectivity index (χ2n) is 4.39.